The first-order chi connectivity index (χ1) is 19.2. The Labute approximate surface area is 223 Å². The van der Waals surface area contributed by atoms with E-state index in [1.165, 1.54) is 25.0 Å². The van der Waals surface area contributed by atoms with Crippen LogP contribution in [0.4, 0.5) is 4.39 Å². The van der Waals surface area contributed by atoms with Gasteiger partial charge in [-0.1, -0.05) is 0 Å². The van der Waals surface area contributed by atoms with Crippen LogP contribution in [0, 0.1) is 5.82 Å². The lowest BCUT2D eigenvalue weighted by Gasteiger charge is -2.15. The molecule has 0 radical (unpaired) electrons. The number of hydrogen-bond donors (Lipinski definition) is 2. The molecule has 1 aliphatic rings. The second-order valence-electron chi connectivity index (χ2n) is 9.61. The van der Waals surface area contributed by atoms with Crippen LogP contribution in [-0.2, 0) is 0 Å². The van der Waals surface area contributed by atoms with Crippen LogP contribution in [0.25, 0.3) is 56.1 Å². The number of pyridine rings is 3. The van der Waals surface area contributed by atoms with Crippen LogP contribution in [0.3, 0.4) is 0 Å². The monoisotopic (exact) mass is 520 g/mol. The molecule has 0 spiro atoms. The zero-order valence-corrected chi connectivity index (χ0v) is 21.1. The van der Waals surface area contributed by atoms with E-state index in [2.05, 4.69) is 30.0 Å². The van der Waals surface area contributed by atoms with E-state index in [1.54, 1.807) is 18.6 Å². The lowest BCUT2D eigenvalue weighted by Crippen LogP contribution is -2.25. The Hall–Kier alpha value is -4.70. The average Bonchev–Trinajstić information content (AvgIpc) is 3.72. The van der Waals surface area contributed by atoms with Gasteiger partial charge in [-0.25, -0.2) is 14.4 Å². The number of hydrogen-bond acceptors (Lipinski definition) is 7. The van der Waals surface area contributed by atoms with E-state index in [0.29, 0.717) is 46.2 Å². The van der Waals surface area contributed by atoms with Gasteiger partial charge in [0.25, 0.3) is 0 Å². The molecule has 0 bridgehead atoms. The van der Waals surface area contributed by atoms with Crippen molar-refractivity contribution in [3.63, 3.8) is 0 Å². The largest absolute Gasteiger partial charge is 0.492 e. The highest BCUT2D eigenvalue weighted by Crippen LogP contribution is 2.32. The van der Waals surface area contributed by atoms with Crippen molar-refractivity contribution in [3.8, 4) is 39.8 Å². The van der Waals surface area contributed by atoms with E-state index < -0.39 is 0 Å². The van der Waals surface area contributed by atoms with E-state index in [-0.39, 0.29) is 5.82 Å². The van der Waals surface area contributed by atoms with E-state index in [9.17, 15) is 4.39 Å². The van der Waals surface area contributed by atoms with Gasteiger partial charge in [0.05, 0.1) is 22.4 Å². The Balaban J connectivity index is 1.23. The Morgan fingerprint density at radius 2 is 1.69 bits per heavy atom. The summed E-state index contributed by atoms with van der Waals surface area (Å²) in [6.07, 6.45) is 7.60. The van der Waals surface area contributed by atoms with Gasteiger partial charge in [-0.2, -0.15) is 5.10 Å². The molecule has 6 aromatic rings. The minimum Gasteiger partial charge on any atom is -0.492 e. The molecule has 9 nitrogen and oxygen atoms in total. The van der Waals surface area contributed by atoms with Gasteiger partial charge in [0, 0.05) is 42.3 Å². The molecule has 6 heterocycles. The Kier molecular flexibility index (Phi) is 5.93. The second-order valence-corrected chi connectivity index (χ2v) is 9.61. The van der Waals surface area contributed by atoms with Crippen molar-refractivity contribution in [2.45, 2.75) is 12.8 Å². The fraction of sp³-hybridized carbons (Fsp3) is 0.207. The number of fused-ring (bicyclic) bond motifs is 2. The number of ether oxygens (including phenoxy) is 1. The average molecular weight is 521 g/mol. The molecular weight excluding hydrogens is 495 g/mol. The number of nitrogens with one attached hydrogen (secondary N) is 2. The van der Waals surface area contributed by atoms with Crippen LogP contribution in [-0.4, -0.2) is 66.3 Å². The third kappa shape index (κ3) is 4.59. The number of halogens is 1. The van der Waals surface area contributed by atoms with Crippen molar-refractivity contribution in [2.75, 3.05) is 26.2 Å². The van der Waals surface area contributed by atoms with Crippen LogP contribution < -0.4 is 4.74 Å². The zero-order valence-electron chi connectivity index (χ0n) is 21.1. The molecule has 10 heteroatoms. The van der Waals surface area contributed by atoms with E-state index in [0.717, 1.165) is 41.9 Å². The molecule has 0 aliphatic carbocycles. The highest BCUT2D eigenvalue weighted by atomic mass is 19.1. The SMILES string of the molecule is Fc1cc(OCCN2CCCC2)cc(-c2nccc3[nH]c(-c4n[nH]c5ccc(-c6ccncc6)nc45)nc23)c1. The van der Waals surface area contributed by atoms with Crippen molar-refractivity contribution >= 4 is 22.1 Å². The first-order valence-electron chi connectivity index (χ1n) is 13.0. The highest BCUT2D eigenvalue weighted by Gasteiger charge is 2.18. The Morgan fingerprint density at radius 3 is 2.56 bits per heavy atom. The molecule has 1 aliphatic heterocycles. The number of imidazole rings is 1. The summed E-state index contributed by atoms with van der Waals surface area (Å²) in [6, 6.07) is 14.2. The maximum atomic E-state index is 14.6. The summed E-state index contributed by atoms with van der Waals surface area (Å²) < 4.78 is 20.6. The maximum absolute atomic E-state index is 14.6. The molecule has 39 heavy (non-hydrogen) atoms. The summed E-state index contributed by atoms with van der Waals surface area (Å²) in [4.78, 5) is 24.0. The summed E-state index contributed by atoms with van der Waals surface area (Å²) in [5.74, 6) is 0.637. The number of aromatic nitrogens is 7. The van der Waals surface area contributed by atoms with Crippen molar-refractivity contribution in [1.82, 2.24) is 40.0 Å². The third-order valence-corrected chi connectivity index (χ3v) is 7.03. The van der Waals surface area contributed by atoms with Crippen LogP contribution in [0.15, 0.2) is 67.1 Å². The number of benzene rings is 1. The molecule has 0 amide bonds. The van der Waals surface area contributed by atoms with Gasteiger partial charge in [0.2, 0.25) is 0 Å². The van der Waals surface area contributed by atoms with Crippen molar-refractivity contribution in [2.24, 2.45) is 0 Å². The minimum atomic E-state index is -0.385. The van der Waals surface area contributed by atoms with Crippen molar-refractivity contribution in [3.05, 3.63) is 72.9 Å². The van der Waals surface area contributed by atoms with E-state index in [1.807, 2.05) is 36.4 Å². The van der Waals surface area contributed by atoms with Crippen LogP contribution in [0.1, 0.15) is 12.8 Å². The molecule has 0 atom stereocenters. The maximum Gasteiger partial charge on any atom is 0.161 e. The molecule has 2 N–H and O–H groups in total. The molecule has 1 saturated heterocycles. The smallest absolute Gasteiger partial charge is 0.161 e. The topological polar surface area (TPSA) is 108 Å². The zero-order chi connectivity index (χ0) is 26.2. The number of H-pyrrole nitrogens is 2. The molecule has 194 valence electrons. The summed E-state index contributed by atoms with van der Waals surface area (Å²) >= 11 is 0. The number of nitrogens with zero attached hydrogens (tertiary/aromatic N) is 6. The molecule has 5 aromatic heterocycles. The van der Waals surface area contributed by atoms with Crippen molar-refractivity contribution in [1.29, 1.82) is 0 Å². The quantitative estimate of drug-likeness (QED) is 0.296. The molecule has 0 saturated carbocycles. The van der Waals surface area contributed by atoms with Crippen LogP contribution in [0.5, 0.6) is 5.75 Å². The summed E-state index contributed by atoms with van der Waals surface area (Å²) in [5, 5.41) is 7.54. The summed E-state index contributed by atoms with van der Waals surface area (Å²) in [7, 11) is 0. The first-order valence-corrected chi connectivity index (χ1v) is 13.0. The predicted molar refractivity (Wildman–Crippen MR) is 147 cm³/mol. The first kappa shape index (κ1) is 23.4. The second kappa shape index (κ2) is 9.88. The molecule has 7 rings (SSSR count). The normalized spacial score (nSPS) is 14.0. The van der Waals surface area contributed by atoms with E-state index in [4.69, 9.17) is 14.7 Å². The minimum absolute atomic E-state index is 0.385. The van der Waals surface area contributed by atoms with Crippen LogP contribution in [0.2, 0.25) is 0 Å². The Bertz CT molecular complexity index is 1780. The molecule has 1 aromatic carbocycles. The lowest BCUT2D eigenvalue weighted by atomic mass is 10.1. The van der Waals surface area contributed by atoms with Gasteiger partial charge in [-0.05, 0) is 68.4 Å². The lowest BCUT2D eigenvalue weighted by molar-refractivity contribution is 0.237. The summed E-state index contributed by atoms with van der Waals surface area (Å²) in [6.45, 7) is 3.53. The van der Waals surface area contributed by atoms with Gasteiger partial charge < -0.3 is 9.72 Å². The van der Waals surface area contributed by atoms with E-state index >= 15 is 0 Å². The fourth-order valence-corrected chi connectivity index (χ4v) is 5.09. The summed E-state index contributed by atoms with van der Waals surface area (Å²) in [5.41, 5.74) is 6.37. The highest BCUT2D eigenvalue weighted by molar-refractivity contribution is 5.95. The third-order valence-electron chi connectivity index (χ3n) is 7.03. The van der Waals surface area contributed by atoms with Crippen molar-refractivity contribution < 1.29 is 9.13 Å². The number of rotatable bonds is 7. The predicted octanol–water partition coefficient (Wildman–Crippen LogP) is 5.24. The van der Waals surface area contributed by atoms with Gasteiger partial charge in [-0.15, -0.1) is 0 Å². The van der Waals surface area contributed by atoms with Gasteiger partial charge in [0.1, 0.15) is 29.2 Å². The van der Waals surface area contributed by atoms with Gasteiger partial charge in [0.15, 0.2) is 11.5 Å². The number of aromatic amines is 2. The van der Waals surface area contributed by atoms with Crippen LogP contribution >= 0.6 is 0 Å². The molecule has 0 unspecified atom stereocenters. The van der Waals surface area contributed by atoms with Gasteiger partial charge >= 0.3 is 0 Å². The fourth-order valence-electron chi connectivity index (χ4n) is 5.09. The Morgan fingerprint density at radius 1 is 0.846 bits per heavy atom. The molecule has 1 fully saturated rings. The standard InChI is InChI=1S/C29H25FN8O/c30-20-15-19(16-21(17-20)39-14-13-38-11-1-2-12-38)25-26-23(7-10-32-25)34-29(35-26)28-27-24(36-37-28)4-3-22(33-27)18-5-8-31-9-6-18/h3-10,15-17H,1-2,11-14H2,(H,34,35)(H,36,37). The van der Waals surface area contributed by atoms with Gasteiger partial charge in [-0.3, -0.25) is 20.0 Å². The molecular formula is C29H25FN8O. The number of likely N-dealkylation sites (tertiary alicyclic amines) is 1.